The Balaban J connectivity index is 0.00000243. The first-order chi connectivity index (χ1) is 12.2. The zero-order chi connectivity index (χ0) is 17.5. The summed E-state index contributed by atoms with van der Waals surface area (Å²) in [7, 11) is 0. The average Bonchev–Trinajstić information content (AvgIpc) is 3.12. The summed E-state index contributed by atoms with van der Waals surface area (Å²) in [5.41, 5.74) is 1.33. The van der Waals surface area contributed by atoms with Gasteiger partial charge >= 0.3 is 5.97 Å². The van der Waals surface area contributed by atoms with E-state index < -0.39 is 5.97 Å². The van der Waals surface area contributed by atoms with E-state index in [2.05, 4.69) is 34.3 Å². The van der Waals surface area contributed by atoms with Crippen molar-refractivity contribution in [2.45, 2.75) is 43.9 Å². The summed E-state index contributed by atoms with van der Waals surface area (Å²) in [5.74, 6) is -0.924. The molecule has 1 N–H and O–H groups in total. The molecule has 1 aromatic carbocycles. The van der Waals surface area contributed by atoms with Crippen LogP contribution in [-0.2, 0) is 15.0 Å². The van der Waals surface area contributed by atoms with E-state index in [4.69, 9.17) is 9.94 Å². The number of hydrogen-bond acceptors (Lipinski definition) is 4. The van der Waals surface area contributed by atoms with Gasteiger partial charge in [-0.15, -0.1) is 12.4 Å². The lowest BCUT2D eigenvalue weighted by Gasteiger charge is -2.30. The highest BCUT2D eigenvalue weighted by Crippen LogP contribution is 2.39. The number of hydrogen-bond donors (Lipinski definition) is 1. The number of likely N-dealkylation sites (tertiary alicyclic amines) is 1. The van der Waals surface area contributed by atoms with Crippen LogP contribution in [0, 0.1) is 5.92 Å². The number of carboxylic acid groups (broad SMARTS) is 1. The van der Waals surface area contributed by atoms with Crippen molar-refractivity contribution in [2.24, 2.45) is 11.1 Å². The molecule has 6 heteroatoms. The number of nitrogens with zero attached hydrogens (tertiary/aromatic N) is 2. The topological polar surface area (TPSA) is 62.1 Å². The summed E-state index contributed by atoms with van der Waals surface area (Å²) in [6, 6.07) is 10.6. The van der Waals surface area contributed by atoms with Crippen LogP contribution in [0.25, 0.3) is 0 Å². The molecule has 1 atom stereocenters. The van der Waals surface area contributed by atoms with Gasteiger partial charge in [-0.2, -0.15) is 0 Å². The number of rotatable bonds is 7. The van der Waals surface area contributed by atoms with Gasteiger partial charge in [0.25, 0.3) is 0 Å². The van der Waals surface area contributed by atoms with Crippen molar-refractivity contribution in [3.63, 3.8) is 0 Å². The molecule has 3 rings (SSSR count). The second-order valence-corrected chi connectivity index (χ2v) is 7.28. The van der Waals surface area contributed by atoms with E-state index in [1.807, 2.05) is 12.3 Å². The molecule has 1 aliphatic heterocycles. The van der Waals surface area contributed by atoms with E-state index >= 15 is 0 Å². The van der Waals surface area contributed by atoms with Crippen LogP contribution < -0.4 is 0 Å². The maximum Gasteiger partial charge on any atom is 0.307 e. The fourth-order valence-electron chi connectivity index (χ4n) is 4.09. The molecule has 144 valence electrons. The summed E-state index contributed by atoms with van der Waals surface area (Å²) < 4.78 is 0. The number of benzene rings is 1. The molecule has 1 aromatic rings. The van der Waals surface area contributed by atoms with E-state index in [1.54, 1.807) is 0 Å². The molecule has 1 saturated heterocycles. The van der Waals surface area contributed by atoms with Crippen LogP contribution in [0.2, 0.25) is 0 Å². The fourth-order valence-corrected chi connectivity index (χ4v) is 4.09. The van der Waals surface area contributed by atoms with E-state index in [9.17, 15) is 4.79 Å². The number of carbonyl (C=O) groups is 1. The van der Waals surface area contributed by atoms with Crippen molar-refractivity contribution < 1.29 is 14.7 Å². The first-order valence-electron chi connectivity index (χ1n) is 9.37. The van der Waals surface area contributed by atoms with Crippen molar-refractivity contribution in [1.29, 1.82) is 0 Å². The molecular weight excluding hydrogens is 352 g/mol. The van der Waals surface area contributed by atoms with Crippen LogP contribution in [0.5, 0.6) is 0 Å². The van der Waals surface area contributed by atoms with Crippen LogP contribution in [0.3, 0.4) is 0 Å². The predicted molar refractivity (Wildman–Crippen MR) is 105 cm³/mol. The summed E-state index contributed by atoms with van der Waals surface area (Å²) in [6.45, 7) is 2.81. The number of halogens is 1. The lowest BCUT2D eigenvalue weighted by atomic mass is 9.80. The number of piperidine rings is 1. The summed E-state index contributed by atoms with van der Waals surface area (Å²) in [4.78, 5) is 18.8. The molecular formula is C20H29ClN2O3. The Labute approximate surface area is 161 Å². The van der Waals surface area contributed by atoms with Crippen LogP contribution in [0.15, 0.2) is 35.5 Å². The first-order valence-corrected chi connectivity index (χ1v) is 9.37. The second-order valence-electron chi connectivity index (χ2n) is 7.28. The van der Waals surface area contributed by atoms with Crippen LogP contribution in [0.1, 0.15) is 44.1 Å². The zero-order valence-electron chi connectivity index (χ0n) is 15.2. The summed E-state index contributed by atoms with van der Waals surface area (Å²) in [5, 5.41) is 13.4. The maximum atomic E-state index is 11.1. The summed E-state index contributed by atoms with van der Waals surface area (Å²) >= 11 is 0. The highest BCUT2D eigenvalue weighted by Gasteiger charge is 2.34. The molecule has 2 aliphatic rings. The number of oxime groups is 1. The van der Waals surface area contributed by atoms with Gasteiger partial charge in [-0.05, 0) is 37.8 Å². The van der Waals surface area contributed by atoms with Crippen LogP contribution >= 0.6 is 12.4 Å². The molecule has 26 heavy (non-hydrogen) atoms. The monoisotopic (exact) mass is 380 g/mol. The molecule has 0 aromatic heterocycles. The average molecular weight is 381 g/mol. The number of aliphatic carboxylic acids is 1. The molecule has 1 aliphatic carbocycles. The molecule has 1 heterocycles. The van der Waals surface area contributed by atoms with Gasteiger partial charge in [-0.3, -0.25) is 9.69 Å². The molecule has 1 saturated carbocycles. The van der Waals surface area contributed by atoms with Gasteiger partial charge in [-0.25, -0.2) is 0 Å². The van der Waals surface area contributed by atoms with Crippen molar-refractivity contribution in [2.75, 3.05) is 26.2 Å². The minimum atomic E-state index is -0.685. The van der Waals surface area contributed by atoms with E-state index in [-0.39, 0.29) is 23.7 Å². The Morgan fingerprint density at radius 2 is 2.00 bits per heavy atom. The standard InChI is InChI=1S/C20H28N2O3.ClH/c23-19(24)17-7-6-12-22(15-17)13-14-25-21-16-20(10-4-5-11-20)18-8-2-1-3-9-18;/h1-3,8-9,16-17H,4-7,10-15H2,(H,23,24);1H/t17-;/m1./s1. The third-order valence-electron chi connectivity index (χ3n) is 5.57. The Kier molecular flexibility index (Phi) is 7.91. The van der Waals surface area contributed by atoms with Crippen molar-refractivity contribution >= 4 is 24.6 Å². The molecule has 5 nitrogen and oxygen atoms in total. The normalized spacial score (nSPS) is 22.8. The van der Waals surface area contributed by atoms with Crippen molar-refractivity contribution in [3.8, 4) is 0 Å². The highest BCUT2D eigenvalue weighted by atomic mass is 35.5. The molecule has 2 fully saturated rings. The van der Waals surface area contributed by atoms with Crippen molar-refractivity contribution in [1.82, 2.24) is 4.90 Å². The fraction of sp³-hybridized carbons (Fsp3) is 0.600. The minimum Gasteiger partial charge on any atom is -0.481 e. The Hall–Kier alpha value is -1.59. The zero-order valence-corrected chi connectivity index (χ0v) is 16.0. The summed E-state index contributed by atoms with van der Waals surface area (Å²) in [6.07, 6.45) is 8.41. The van der Waals surface area contributed by atoms with E-state index in [0.717, 1.165) is 38.8 Å². The van der Waals surface area contributed by atoms with Gasteiger partial charge < -0.3 is 9.94 Å². The van der Waals surface area contributed by atoms with Crippen molar-refractivity contribution in [3.05, 3.63) is 35.9 Å². The SMILES string of the molecule is Cl.O=C(O)[C@@H]1CCCN(CCON=CC2(c3ccccc3)CCCC2)C1. The van der Waals surface area contributed by atoms with Gasteiger partial charge in [-0.1, -0.05) is 48.3 Å². The largest absolute Gasteiger partial charge is 0.481 e. The molecule has 0 bridgehead atoms. The maximum absolute atomic E-state index is 11.1. The smallest absolute Gasteiger partial charge is 0.307 e. The van der Waals surface area contributed by atoms with Gasteiger partial charge in [0.05, 0.1) is 12.1 Å². The van der Waals surface area contributed by atoms with Crippen LogP contribution in [0.4, 0.5) is 0 Å². The highest BCUT2D eigenvalue weighted by molar-refractivity contribution is 5.85. The molecule has 0 amide bonds. The molecule has 0 radical (unpaired) electrons. The number of carboxylic acids is 1. The third-order valence-corrected chi connectivity index (χ3v) is 5.57. The van der Waals surface area contributed by atoms with Crippen LogP contribution in [-0.4, -0.2) is 48.4 Å². The third kappa shape index (κ3) is 5.21. The van der Waals surface area contributed by atoms with Gasteiger partial charge in [0.1, 0.15) is 6.61 Å². The Morgan fingerprint density at radius 1 is 1.27 bits per heavy atom. The van der Waals surface area contributed by atoms with Gasteiger partial charge in [0.15, 0.2) is 0 Å². The molecule has 0 unspecified atom stereocenters. The second kappa shape index (κ2) is 9.93. The van der Waals surface area contributed by atoms with Gasteiger partial charge in [0.2, 0.25) is 0 Å². The first kappa shape index (κ1) is 20.7. The minimum absolute atomic E-state index is 0. The molecule has 0 spiro atoms. The quantitative estimate of drug-likeness (QED) is 0.445. The van der Waals surface area contributed by atoms with Gasteiger partial charge in [0, 0.05) is 18.5 Å². The Morgan fingerprint density at radius 3 is 2.69 bits per heavy atom. The lowest BCUT2D eigenvalue weighted by molar-refractivity contribution is -0.143. The van der Waals surface area contributed by atoms with E-state index in [0.29, 0.717) is 13.2 Å². The lowest BCUT2D eigenvalue weighted by Crippen LogP contribution is -2.40. The van der Waals surface area contributed by atoms with E-state index in [1.165, 1.54) is 18.4 Å². The Bertz CT molecular complexity index is 588. The predicted octanol–water partition coefficient (Wildman–Crippen LogP) is 3.72.